The van der Waals surface area contributed by atoms with Crippen molar-refractivity contribution in [1.29, 1.82) is 0 Å². The van der Waals surface area contributed by atoms with E-state index in [9.17, 15) is 25.2 Å². The minimum atomic E-state index is -1.72. The highest BCUT2D eigenvalue weighted by Gasteiger charge is 2.45. The summed E-state index contributed by atoms with van der Waals surface area (Å²) in [4.78, 5) is 19.2. The van der Waals surface area contributed by atoms with Gasteiger partial charge in [-0.25, -0.2) is 0 Å². The van der Waals surface area contributed by atoms with Crippen LogP contribution >= 0.6 is 0 Å². The number of carbonyl (C=O) groups is 1. The van der Waals surface area contributed by atoms with Crippen molar-refractivity contribution in [2.45, 2.75) is 127 Å². The van der Waals surface area contributed by atoms with Crippen LogP contribution in [-0.4, -0.2) is 91.5 Å². The van der Waals surface area contributed by atoms with Crippen LogP contribution < -0.4 is 4.74 Å². The smallest absolute Gasteiger partial charge is 0.222 e. The van der Waals surface area contributed by atoms with E-state index in [1.165, 1.54) is 32.7 Å². The molecule has 5 N–H and O–H groups in total. The third kappa shape index (κ3) is 9.50. The molecule has 0 saturated heterocycles. The molecule has 1 heterocycles. The monoisotopic (exact) mass is 688 g/mol. The number of aromatic nitrogens is 1. The fraction of sp³-hybridized carbons (Fsp3) is 0.561. The van der Waals surface area contributed by atoms with E-state index >= 15 is 0 Å². The number of amides is 1. The Morgan fingerprint density at radius 1 is 1.02 bits per heavy atom. The first-order chi connectivity index (χ1) is 24.1. The summed E-state index contributed by atoms with van der Waals surface area (Å²) in [5, 5.41) is 49.3. The summed E-state index contributed by atoms with van der Waals surface area (Å²) < 4.78 is 6.30. The van der Waals surface area contributed by atoms with Crippen LogP contribution in [0.4, 0.5) is 0 Å². The van der Waals surface area contributed by atoms with E-state index in [4.69, 9.17) is 9.84 Å². The molecule has 0 spiro atoms. The zero-order chi connectivity index (χ0) is 35.8. The van der Waals surface area contributed by atoms with Crippen LogP contribution in [0.2, 0.25) is 0 Å². The number of rotatable bonds is 20. The molecule has 3 aromatic rings. The number of hydrogen-bond donors (Lipinski definition) is 5. The van der Waals surface area contributed by atoms with E-state index in [1.54, 1.807) is 0 Å². The van der Waals surface area contributed by atoms with E-state index in [2.05, 4.69) is 67.5 Å². The molecule has 1 aromatic heterocycles. The van der Waals surface area contributed by atoms with Crippen LogP contribution in [0, 0.1) is 6.92 Å². The second-order valence-electron chi connectivity index (χ2n) is 14.6. The van der Waals surface area contributed by atoms with Crippen molar-refractivity contribution in [2.75, 3.05) is 19.7 Å². The van der Waals surface area contributed by atoms with Gasteiger partial charge in [-0.2, -0.15) is 0 Å². The minimum Gasteiger partial charge on any atom is -0.490 e. The predicted molar refractivity (Wildman–Crippen MR) is 194 cm³/mol. The molecule has 0 bridgehead atoms. The summed E-state index contributed by atoms with van der Waals surface area (Å²) in [6.45, 7) is 5.80. The van der Waals surface area contributed by atoms with Gasteiger partial charge in [-0.1, -0.05) is 50.2 Å². The lowest BCUT2D eigenvalue weighted by molar-refractivity contribution is -0.139. The predicted octanol–water partition coefficient (Wildman–Crippen LogP) is 5.21. The Bertz CT molecular complexity index is 1560. The number of nitrogens with zero attached hydrogens (tertiary/aromatic N) is 2. The Morgan fingerprint density at radius 2 is 1.76 bits per heavy atom. The minimum absolute atomic E-state index is 0.107. The lowest BCUT2D eigenvalue weighted by atomic mass is 9.84. The van der Waals surface area contributed by atoms with Crippen molar-refractivity contribution in [2.24, 2.45) is 0 Å². The topological polar surface area (TPSA) is 144 Å². The van der Waals surface area contributed by atoms with E-state index in [1.807, 2.05) is 19.2 Å². The summed E-state index contributed by atoms with van der Waals surface area (Å²) in [7, 11) is 0. The Kier molecular flexibility index (Phi) is 13.1. The first-order valence-electron chi connectivity index (χ1n) is 18.5. The Labute approximate surface area is 297 Å². The van der Waals surface area contributed by atoms with Crippen LogP contribution in [0.5, 0.6) is 5.75 Å². The van der Waals surface area contributed by atoms with Crippen LogP contribution in [0.1, 0.15) is 99.8 Å². The number of para-hydroxylation sites is 1. The van der Waals surface area contributed by atoms with E-state index in [-0.39, 0.29) is 23.8 Å². The molecular formula is C41H56N2O7. The first kappa shape index (κ1) is 37.9. The molecule has 5 rings (SSSR count). The standard InChI is InChI=1S/C41H56N2O7/c1-4-22-43(25-35(45)39(48)40(49)36(46)26-44)38(47)11-7-8-27(2)29-13-12-28(3)30(23-29)16-18-41(19-20-41)34-24-42-21-17-32(34)33-9-5-6-10-37(33)50-31-14-15-31/h5-6,9-10,12-13,17,21,23-24,27,31,35-36,39-40,44-46,48-49H,4,7-8,11,14-16,18-20,22,25-26H2,1-3H3/t27?,35-,36+,39+,40+/m0/s1. The molecule has 0 aliphatic heterocycles. The van der Waals surface area contributed by atoms with Crippen molar-refractivity contribution in [1.82, 2.24) is 9.88 Å². The summed E-state index contributed by atoms with van der Waals surface area (Å²) in [6.07, 6.45) is 6.89. The van der Waals surface area contributed by atoms with E-state index < -0.39 is 31.0 Å². The fourth-order valence-corrected chi connectivity index (χ4v) is 7.02. The summed E-state index contributed by atoms with van der Waals surface area (Å²) in [6, 6.07) is 17.3. The van der Waals surface area contributed by atoms with E-state index in [0.717, 1.165) is 56.3 Å². The third-order valence-corrected chi connectivity index (χ3v) is 10.7. The normalized spacial score (nSPS) is 18.2. The number of aliphatic hydroxyl groups is 5. The van der Waals surface area contributed by atoms with Crippen molar-refractivity contribution in [3.8, 4) is 16.9 Å². The summed E-state index contributed by atoms with van der Waals surface area (Å²) in [5.74, 6) is 1.09. The lowest BCUT2D eigenvalue weighted by Gasteiger charge is -2.30. The zero-order valence-electron chi connectivity index (χ0n) is 29.9. The maximum atomic E-state index is 13.1. The largest absolute Gasteiger partial charge is 0.490 e. The Balaban J connectivity index is 1.18. The quantitative estimate of drug-likeness (QED) is 0.109. The Morgan fingerprint density at radius 3 is 2.46 bits per heavy atom. The number of aryl methyl sites for hydroxylation is 2. The van der Waals surface area contributed by atoms with E-state index in [0.29, 0.717) is 31.9 Å². The summed E-state index contributed by atoms with van der Waals surface area (Å²) in [5.41, 5.74) is 7.70. The maximum Gasteiger partial charge on any atom is 0.222 e. The Hall–Kier alpha value is -3.34. The maximum absolute atomic E-state index is 13.1. The van der Waals surface area contributed by atoms with Crippen molar-refractivity contribution in [3.05, 3.63) is 83.2 Å². The van der Waals surface area contributed by atoms with Crippen LogP contribution in [-0.2, 0) is 16.6 Å². The fourth-order valence-electron chi connectivity index (χ4n) is 7.02. The molecule has 272 valence electrons. The van der Waals surface area contributed by atoms with Crippen LogP contribution in [0.25, 0.3) is 11.1 Å². The molecule has 2 aromatic carbocycles. The molecule has 1 amide bonds. The lowest BCUT2D eigenvalue weighted by Crippen LogP contribution is -2.50. The number of pyridine rings is 1. The number of hydrogen-bond acceptors (Lipinski definition) is 8. The van der Waals surface area contributed by atoms with Gasteiger partial charge < -0.3 is 35.2 Å². The first-order valence-corrected chi connectivity index (χ1v) is 18.5. The van der Waals surface area contributed by atoms with Crippen molar-refractivity contribution < 1.29 is 35.1 Å². The molecule has 50 heavy (non-hydrogen) atoms. The summed E-state index contributed by atoms with van der Waals surface area (Å²) >= 11 is 0. The van der Waals surface area contributed by atoms with Gasteiger partial charge in [0.1, 0.15) is 30.2 Å². The van der Waals surface area contributed by atoms with Crippen LogP contribution in [0.15, 0.2) is 60.9 Å². The number of aliphatic hydroxyl groups excluding tert-OH is 5. The average molecular weight is 689 g/mol. The third-order valence-electron chi connectivity index (χ3n) is 10.7. The highest BCUT2D eigenvalue weighted by Crippen LogP contribution is 2.55. The molecular weight excluding hydrogens is 632 g/mol. The van der Waals surface area contributed by atoms with Gasteiger partial charge in [0, 0.05) is 37.5 Å². The molecule has 9 nitrogen and oxygen atoms in total. The van der Waals surface area contributed by atoms with Gasteiger partial charge in [0.15, 0.2) is 0 Å². The van der Waals surface area contributed by atoms with Crippen LogP contribution in [0.3, 0.4) is 0 Å². The molecule has 5 atom stereocenters. The number of benzene rings is 2. The highest BCUT2D eigenvalue weighted by atomic mass is 16.5. The van der Waals surface area contributed by atoms with Gasteiger partial charge in [-0.05, 0) is 116 Å². The number of carbonyl (C=O) groups excluding carboxylic acids is 1. The SMILES string of the molecule is CCCN(C[C@H](O)[C@@H](O)[C@H](O)[C@H](O)CO)C(=O)CCCC(C)c1ccc(C)c(CCC2(c3cnccc3-c3ccccc3OC3CC3)CC2)c1. The highest BCUT2D eigenvalue weighted by molar-refractivity contribution is 5.76. The van der Waals surface area contributed by atoms with Gasteiger partial charge in [0.2, 0.25) is 5.91 Å². The van der Waals surface area contributed by atoms with Gasteiger partial charge in [0.25, 0.3) is 0 Å². The van der Waals surface area contributed by atoms with Gasteiger partial charge in [-0.15, -0.1) is 0 Å². The number of ether oxygens (including phenoxy) is 1. The van der Waals surface area contributed by atoms with Gasteiger partial charge >= 0.3 is 0 Å². The van der Waals surface area contributed by atoms with Crippen molar-refractivity contribution in [3.63, 3.8) is 0 Å². The zero-order valence-corrected chi connectivity index (χ0v) is 29.9. The van der Waals surface area contributed by atoms with Gasteiger partial charge in [0.05, 0.1) is 12.7 Å². The second kappa shape index (κ2) is 17.2. The molecule has 0 radical (unpaired) electrons. The molecule has 2 fully saturated rings. The molecule has 2 aliphatic rings. The van der Waals surface area contributed by atoms with Gasteiger partial charge in [-0.3, -0.25) is 9.78 Å². The molecule has 2 aliphatic carbocycles. The van der Waals surface area contributed by atoms with Crippen molar-refractivity contribution >= 4 is 5.91 Å². The average Bonchev–Trinajstić information content (AvgIpc) is 4.08. The molecule has 2 saturated carbocycles. The second-order valence-corrected chi connectivity index (χ2v) is 14.6. The molecule has 1 unspecified atom stereocenters. The molecule has 9 heteroatoms.